The zero-order valence-corrected chi connectivity index (χ0v) is 19.9. The van der Waals surface area contributed by atoms with Gasteiger partial charge in [0.2, 0.25) is 0 Å². The molecular weight excluding hydrogens is 424 g/mol. The highest BCUT2D eigenvalue weighted by atomic mass is 16.2. The molecule has 1 saturated heterocycles. The number of piperidine rings is 1. The van der Waals surface area contributed by atoms with Crippen molar-refractivity contribution in [1.29, 1.82) is 0 Å². The molecule has 0 atom stereocenters. The topological polar surface area (TPSA) is 73.5 Å². The Morgan fingerprint density at radius 3 is 2.26 bits per heavy atom. The molecule has 34 heavy (non-hydrogen) atoms. The summed E-state index contributed by atoms with van der Waals surface area (Å²) >= 11 is 0. The Labute approximate surface area is 201 Å². The molecule has 6 nitrogen and oxygen atoms in total. The van der Waals surface area contributed by atoms with Crippen molar-refractivity contribution in [2.75, 3.05) is 33.9 Å². The molecule has 3 aromatic carbocycles. The minimum absolute atomic E-state index is 0.180. The molecule has 3 amide bonds. The van der Waals surface area contributed by atoms with Crippen molar-refractivity contribution in [1.82, 2.24) is 0 Å². The van der Waals surface area contributed by atoms with Gasteiger partial charge in [0.25, 0.3) is 5.91 Å². The summed E-state index contributed by atoms with van der Waals surface area (Å²) in [6.07, 6.45) is 4.42. The van der Waals surface area contributed by atoms with E-state index in [1.807, 2.05) is 67.6 Å². The maximum atomic E-state index is 12.8. The first kappa shape index (κ1) is 23.4. The van der Waals surface area contributed by atoms with Crippen LogP contribution in [0.3, 0.4) is 0 Å². The summed E-state index contributed by atoms with van der Waals surface area (Å²) in [5, 5.41) is 8.88. The van der Waals surface area contributed by atoms with Crippen LogP contribution in [0.5, 0.6) is 0 Å². The first-order valence-corrected chi connectivity index (χ1v) is 12.0. The third-order valence-corrected chi connectivity index (χ3v) is 6.10. The van der Waals surface area contributed by atoms with Crippen molar-refractivity contribution in [2.45, 2.75) is 39.5 Å². The summed E-state index contributed by atoms with van der Waals surface area (Å²) in [4.78, 5) is 27.9. The lowest BCUT2D eigenvalue weighted by atomic mass is 10.1. The average molecular weight is 457 g/mol. The van der Waals surface area contributed by atoms with E-state index in [0.717, 1.165) is 49.3 Å². The van der Waals surface area contributed by atoms with Crippen molar-refractivity contribution in [2.24, 2.45) is 0 Å². The Balaban J connectivity index is 1.54. The predicted molar refractivity (Wildman–Crippen MR) is 140 cm³/mol. The van der Waals surface area contributed by atoms with E-state index in [0.29, 0.717) is 16.9 Å². The number of urea groups is 1. The van der Waals surface area contributed by atoms with E-state index in [4.69, 9.17) is 0 Å². The Morgan fingerprint density at radius 1 is 0.824 bits per heavy atom. The fourth-order valence-corrected chi connectivity index (χ4v) is 4.22. The molecule has 1 aliphatic heterocycles. The number of rotatable bonds is 6. The maximum Gasteiger partial charge on any atom is 0.323 e. The molecule has 4 rings (SSSR count). The smallest absolute Gasteiger partial charge is 0.323 e. The number of aryl methyl sites for hydroxylation is 2. The number of nitrogens with zero attached hydrogens (tertiary/aromatic N) is 1. The fourth-order valence-electron chi connectivity index (χ4n) is 4.22. The molecule has 3 aromatic rings. The van der Waals surface area contributed by atoms with Gasteiger partial charge in [0.05, 0.1) is 11.4 Å². The highest BCUT2D eigenvalue weighted by Gasteiger charge is 2.17. The third kappa shape index (κ3) is 5.95. The van der Waals surface area contributed by atoms with E-state index in [1.54, 1.807) is 6.07 Å². The lowest BCUT2D eigenvalue weighted by Crippen LogP contribution is -2.31. The van der Waals surface area contributed by atoms with Crippen molar-refractivity contribution < 1.29 is 9.59 Å². The van der Waals surface area contributed by atoms with E-state index in [9.17, 15) is 9.59 Å². The number of carbonyl (C=O) groups is 2. The van der Waals surface area contributed by atoms with Crippen LogP contribution >= 0.6 is 0 Å². The first-order valence-electron chi connectivity index (χ1n) is 12.0. The number of anilines is 4. The van der Waals surface area contributed by atoms with E-state index in [2.05, 4.69) is 27.8 Å². The third-order valence-electron chi connectivity index (χ3n) is 6.10. The molecule has 176 valence electrons. The Hall–Kier alpha value is -3.80. The SMILES string of the molecule is CCc1ccc(NC(=O)Nc2cc(NC(=O)c3cccc(C)c3)ccc2N2CCCCC2)cc1. The minimum Gasteiger partial charge on any atom is -0.370 e. The molecule has 0 bridgehead atoms. The first-order chi connectivity index (χ1) is 16.5. The van der Waals surface area contributed by atoms with Crippen LogP contribution < -0.4 is 20.9 Å². The molecule has 0 radical (unpaired) electrons. The van der Waals surface area contributed by atoms with Crippen LogP contribution in [-0.2, 0) is 6.42 Å². The van der Waals surface area contributed by atoms with Gasteiger partial charge in [0, 0.05) is 30.0 Å². The summed E-state index contributed by atoms with van der Waals surface area (Å²) in [7, 11) is 0. The Kier molecular flexibility index (Phi) is 7.48. The second-order valence-electron chi connectivity index (χ2n) is 8.73. The molecule has 0 aliphatic carbocycles. The van der Waals surface area contributed by atoms with Crippen LogP contribution in [0, 0.1) is 6.92 Å². The Bertz CT molecular complexity index is 1150. The van der Waals surface area contributed by atoms with E-state index in [-0.39, 0.29) is 11.9 Å². The maximum absolute atomic E-state index is 12.8. The van der Waals surface area contributed by atoms with Crippen LogP contribution in [0.15, 0.2) is 66.7 Å². The van der Waals surface area contributed by atoms with Crippen LogP contribution in [0.4, 0.5) is 27.5 Å². The molecule has 6 heteroatoms. The van der Waals surface area contributed by atoms with Gasteiger partial charge in [-0.2, -0.15) is 0 Å². The number of hydrogen-bond donors (Lipinski definition) is 3. The number of nitrogens with one attached hydrogen (secondary N) is 3. The predicted octanol–water partition coefficient (Wildman–Crippen LogP) is 6.44. The van der Waals surface area contributed by atoms with Gasteiger partial charge in [0.15, 0.2) is 0 Å². The van der Waals surface area contributed by atoms with Crippen molar-refractivity contribution in [3.05, 3.63) is 83.4 Å². The summed E-state index contributed by atoms with van der Waals surface area (Å²) in [6, 6.07) is 20.7. The van der Waals surface area contributed by atoms with Gasteiger partial charge in [-0.1, -0.05) is 36.8 Å². The normalized spacial score (nSPS) is 13.3. The largest absolute Gasteiger partial charge is 0.370 e. The molecule has 0 spiro atoms. The van der Waals surface area contributed by atoms with Crippen LogP contribution in [0.1, 0.15) is 47.7 Å². The van der Waals surface area contributed by atoms with Gasteiger partial charge in [-0.05, 0) is 80.6 Å². The monoisotopic (exact) mass is 456 g/mol. The quantitative estimate of drug-likeness (QED) is 0.399. The second-order valence-corrected chi connectivity index (χ2v) is 8.73. The lowest BCUT2D eigenvalue weighted by Gasteiger charge is -2.31. The van der Waals surface area contributed by atoms with E-state index >= 15 is 0 Å². The highest BCUT2D eigenvalue weighted by molar-refractivity contribution is 6.06. The van der Waals surface area contributed by atoms with Crippen molar-refractivity contribution in [3.63, 3.8) is 0 Å². The average Bonchev–Trinajstić information content (AvgIpc) is 2.85. The Morgan fingerprint density at radius 2 is 1.56 bits per heavy atom. The van der Waals surface area contributed by atoms with E-state index in [1.165, 1.54) is 12.0 Å². The van der Waals surface area contributed by atoms with Crippen molar-refractivity contribution >= 4 is 34.7 Å². The van der Waals surface area contributed by atoms with Crippen LogP contribution in [0.25, 0.3) is 0 Å². The highest BCUT2D eigenvalue weighted by Crippen LogP contribution is 2.32. The molecule has 1 heterocycles. The summed E-state index contributed by atoms with van der Waals surface area (Å²) < 4.78 is 0. The van der Waals surface area contributed by atoms with Crippen molar-refractivity contribution in [3.8, 4) is 0 Å². The van der Waals surface area contributed by atoms with Gasteiger partial charge in [0.1, 0.15) is 0 Å². The lowest BCUT2D eigenvalue weighted by molar-refractivity contribution is 0.102. The molecule has 1 aliphatic rings. The van der Waals surface area contributed by atoms with Gasteiger partial charge in [-0.3, -0.25) is 4.79 Å². The zero-order chi connectivity index (χ0) is 23.9. The molecule has 0 saturated carbocycles. The second kappa shape index (κ2) is 10.9. The van der Waals surface area contributed by atoms with E-state index < -0.39 is 0 Å². The zero-order valence-electron chi connectivity index (χ0n) is 19.9. The molecular formula is C28H32N4O2. The van der Waals surface area contributed by atoms with Crippen LogP contribution in [-0.4, -0.2) is 25.0 Å². The number of benzene rings is 3. The van der Waals surface area contributed by atoms with Gasteiger partial charge in [-0.15, -0.1) is 0 Å². The van der Waals surface area contributed by atoms with Gasteiger partial charge < -0.3 is 20.9 Å². The molecule has 0 unspecified atom stereocenters. The fraction of sp³-hybridized carbons (Fsp3) is 0.286. The number of hydrogen-bond acceptors (Lipinski definition) is 3. The van der Waals surface area contributed by atoms with Gasteiger partial charge in [-0.25, -0.2) is 4.79 Å². The van der Waals surface area contributed by atoms with Crippen LogP contribution in [0.2, 0.25) is 0 Å². The summed E-state index contributed by atoms with van der Waals surface area (Å²) in [6.45, 7) is 5.95. The standard InChI is InChI=1S/C28H32N4O2/c1-3-21-10-12-23(13-11-21)30-28(34)31-25-19-24(14-15-26(25)32-16-5-4-6-17-32)29-27(33)22-9-7-8-20(2)18-22/h7-15,18-19H,3-6,16-17H2,1-2H3,(H,29,33)(H2,30,31,34). The minimum atomic E-state index is -0.315. The molecule has 3 N–H and O–H groups in total. The number of carbonyl (C=O) groups excluding carboxylic acids is 2. The molecule has 0 aromatic heterocycles. The summed E-state index contributed by atoms with van der Waals surface area (Å²) in [5.41, 5.74) is 5.85. The van der Waals surface area contributed by atoms with Gasteiger partial charge >= 0.3 is 6.03 Å². The number of amides is 3. The summed E-state index contributed by atoms with van der Waals surface area (Å²) in [5.74, 6) is -0.180. The molecule has 1 fully saturated rings.